The Bertz CT molecular complexity index is 957. The number of hydrogen-bond acceptors (Lipinski definition) is 3. The van der Waals surface area contributed by atoms with Crippen LogP contribution in [-0.2, 0) is 4.74 Å². The molecule has 2 aromatic rings. The summed E-state index contributed by atoms with van der Waals surface area (Å²) in [7, 11) is 0. The quantitative estimate of drug-likeness (QED) is 0.124. The summed E-state index contributed by atoms with van der Waals surface area (Å²) in [6.45, 7) is 4.02. The van der Waals surface area contributed by atoms with Crippen LogP contribution in [0.4, 0.5) is 22.0 Å². The van der Waals surface area contributed by atoms with Crippen molar-refractivity contribution in [2.45, 2.75) is 84.2 Å². The number of carbonyl (C=O) groups is 1. The Morgan fingerprint density at radius 2 is 1.43 bits per heavy atom. The maximum absolute atomic E-state index is 14.7. The van der Waals surface area contributed by atoms with Gasteiger partial charge in [-0.2, -0.15) is 17.6 Å². The summed E-state index contributed by atoms with van der Waals surface area (Å²) < 4.78 is 79.4. The van der Waals surface area contributed by atoms with E-state index in [-0.39, 0.29) is 36.3 Å². The van der Waals surface area contributed by atoms with Gasteiger partial charge in [-0.05, 0) is 49.1 Å². The fourth-order valence-corrected chi connectivity index (χ4v) is 4.03. The molecule has 8 heteroatoms. The molecule has 0 spiro atoms. The maximum Gasteiger partial charge on any atom is 0.391 e. The van der Waals surface area contributed by atoms with Crippen molar-refractivity contribution in [2.24, 2.45) is 5.92 Å². The Labute approximate surface area is 216 Å². The number of esters is 1. The Kier molecular flexibility index (Phi) is 12.9. The van der Waals surface area contributed by atoms with Crippen molar-refractivity contribution in [1.82, 2.24) is 0 Å². The van der Waals surface area contributed by atoms with E-state index in [9.17, 15) is 26.7 Å². The van der Waals surface area contributed by atoms with Crippen molar-refractivity contribution in [3.8, 4) is 16.9 Å². The minimum absolute atomic E-state index is 0.00634. The second kappa shape index (κ2) is 15.6. The number of ether oxygens (including phenoxy) is 2. The van der Waals surface area contributed by atoms with Gasteiger partial charge >= 0.3 is 12.1 Å². The van der Waals surface area contributed by atoms with Crippen LogP contribution in [0.5, 0.6) is 5.75 Å². The predicted molar refractivity (Wildman–Crippen MR) is 135 cm³/mol. The van der Waals surface area contributed by atoms with Gasteiger partial charge in [0.25, 0.3) is 0 Å². The third kappa shape index (κ3) is 9.97. The summed E-state index contributed by atoms with van der Waals surface area (Å²) >= 11 is 0. The predicted octanol–water partition coefficient (Wildman–Crippen LogP) is 9.29. The van der Waals surface area contributed by atoms with Crippen LogP contribution in [0.3, 0.4) is 0 Å². The first kappa shape index (κ1) is 30.6. The zero-order valence-electron chi connectivity index (χ0n) is 21.6. The molecule has 0 aliphatic carbocycles. The maximum atomic E-state index is 14.7. The van der Waals surface area contributed by atoms with Crippen molar-refractivity contribution in [3.63, 3.8) is 0 Å². The summed E-state index contributed by atoms with van der Waals surface area (Å²) in [5.74, 6) is -4.57. The highest BCUT2D eigenvalue weighted by molar-refractivity contribution is 5.90. The van der Waals surface area contributed by atoms with Crippen LogP contribution in [0.15, 0.2) is 36.4 Å². The largest absolute Gasteiger partial charge is 0.490 e. The van der Waals surface area contributed by atoms with Gasteiger partial charge < -0.3 is 9.47 Å². The summed E-state index contributed by atoms with van der Waals surface area (Å²) in [6, 6.07) is 8.40. The number of halogens is 5. The lowest BCUT2D eigenvalue weighted by Crippen LogP contribution is -2.25. The Hall–Kier alpha value is -2.64. The van der Waals surface area contributed by atoms with Crippen molar-refractivity contribution in [3.05, 3.63) is 53.6 Å². The molecule has 0 aromatic heterocycles. The third-order valence-electron chi connectivity index (χ3n) is 6.30. The number of unbranched alkanes of at least 4 members (excludes halogenated alkanes) is 6. The van der Waals surface area contributed by atoms with Gasteiger partial charge in [-0.15, -0.1) is 0 Å². The molecule has 0 saturated heterocycles. The molecule has 37 heavy (non-hydrogen) atoms. The third-order valence-corrected chi connectivity index (χ3v) is 6.30. The van der Waals surface area contributed by atoms with E-state index in [0.29, 0.717) is 18.6 Å². The number of alkyl halides is 3. The van der Waals surface area contributed by atoms with E-state index >= 15 is 0 Å². The molecular formula is C29H37F5O3. The molecular weight excluding hydrogens is 491 g/mol. The summed E-state index contributed by atoms with van der Waals surface area (Å²) in [5.41, 5.74) is 0.460. The van der Waals surface area contributed by atoms with Gasteiger partial charge in [-0.1, -0.05) is 70.9 Å². The highest BCUT2D eigenvalue weighted by Gasteiger charge is 2.38. The smallest absolute Gasteiger partial charge is 0.391 e. The zero-order chi connectivity index (χ0) is 27.3. The second-order valence-corrected chi connectivity index (χ2v) is 9.24. The monoisotopic (exact) mass is 528 g/mol. The first-order chi connectivity index (χ1) is 17.7. The molecule has 0 radical (unpaired) electrons. The van der Waals surface area contributed by atoms with E-state index in [1.165, 1.54) is 36.4 Å². The van der Waals surface area contributed by atoms with Gasteiger partial charge in [0.1, 0.15) is 0 Å². The van der Waals surface area contributed by atoms with Crippen LogP contribution in [0.1, 0.15) is 88.4 Å². The fourth-order valence-electron chi connectivity index (χ4n) is 4.03. The van der Waals surface area contributed by atoms with Crippen molar-refractivity contribution in [1.29, 1.82) is 0 Å². The van der Waals surface area contributed by atoms with Crippen LogP contribution in [0, 0.1) is 17.6 Å². The summed E-state index contributed by atoms with van der Waals surface area (Å²) in [6.07, 6.45) is 2.26. The van der Waals surface area contributed by atoms with Gasteiger partial charge in [0.2, 0.25) is 5.82 Å². The molecule has 2 rings (SSSR count). The molecule has 0 amide bonds. The lowest BCUT2D eigenvalue weighted by Gasteiger charge is -2.20. The molecule has 0 N–H and O–H groups in total. The standard InChI is InChI=1S/C29H37F5O3/c1-3-5-7-9-11-23(29(32,33)34)18-20-37-28(35)22-14-12-21(13-15-22)24-16-17-25(27(31)26(24)30)36-19-10-8-6-4-2/h12-17,23H,3-11,18-20H2,1-2H3. The highest BCUT2D eigenvalue weighted by atomic mass is 19.4. The Morgan fingerprint density at radius 3 is 2.05 bits per heavy atom. The molecule has 3 nitrogen and oxygen atoms in total. The molecule has 0 aliphatic rings. The van der Waals surface area contributed by atoms with Gasteiger partial charge in [-0.3, -0.25) is 0 Å². The molecule has 0 bridgehead atoms. The molecule has 0 aliphatic heterocycles. The molecule has 0 saturated carbocycles. The number of rotatable bonds is 16. The van der Waals surface area contributed by atoms with Crippen molar-refractivity contribution < 1.29 is 36.2 Å². The van der Waals surface area contributed by atoms with Crippen LogP contribution in [0.25, 0.3) is 11.1 Å². The van der Waals surface area contributed by atoms with Crippen molar-refractivity contribution >= 4 is 5.97 Å². The molecule has 1 atom stereocenters. The molecule has 206 valence electrons. The normalized spacial score (nSPS) is 12.4. The van der Waals surface area contributed by atoms with Crippen LogP contribution >= 0.6 is 0 Å². The van der Waals surface area contributed by atoms with Crippen LogP contribution in [-0.4, -0.2) is 25.4 Å². The summed E-state index contributed by atoms with van der Waals surface area (Å²) in [5, 5.41) is 0. The number of hydrogen-bond donors (Lipinski definition) is 0. The first-order valence-corrected chi connectivity index (χ1v) is 13.1. The van der Waals surface area contributed by atoms with Crippen molar-refractivity contribution in [2.75, 3.05) is 13.2 Å². The van der Waals surface area contributed by atoms with Gasteiger partial charge in [0.15, 0.2) is 11.6 Å². The van der Waals surface area contributed by atoms with E-state index in [0.717, 1.165) is 44.9 Å². The molecule has 0 heterocycles. The van der Waals surface area contributed by atoms with Gasteiger partial charge in [0, 0.05) is 5.56 Å². The first-order valence-electron chi connectivity index (χ1n) is 13.1. The number of carbonyl (C=O) groups excluding carboxylic acids is 1. The Balaban J connectivity index is 1.93. The van der Waals surface area contributed by atoms with E-state index in [2.05, 4.69) is 6.92 Å². The lowest BCUT2D eigenvalue weighted by molar-refractivity contribution is -0.180. The second-order valence-electron chi connectivity index (χ2n) is 9.24. The van der Waals surface area contributed by atoms with Crippen LogP contribution in [0.2, 0.25) is 0 Å². The van der Waals surface area contributed by atoms with Crippen LogP contribution < -0.4 is 4.74 Å². The van der Waals surface area contributed by atoms with E-state index in [1.807, 2.05) is 6.92 Å². The average Bonchev–Trinajstić information content (AvgIpc) is 2.87. The van der Waals surface area contributed by atoms with Gasteiger partial charge in [-0.25, -0.2) is 9.18 Å². The number of benzene rings is 2. The summed E-state index contributed by atoms with van der Waals surface area (Å²) in [4.78, 5) is 12.3. The molecule has 1 unspecified atom stereocenters. The van der Waals surface area contributed by atoms with E-state index < -0.39 is 29.7 Å². The topological polar surface area (TPSA) is 35.5 Å². The SMILES string of the molecule is CCCCCCOc1ccc(-c2ccc(C(=O)OCCC(CCCCCC)C(F)(F)F)cc2)c(F)c1F. The van der Waals surface area contributed by atoms with E-state index in [1.54, 1.807) is 0 Å². The van der Waals surface area contributed by atoms with E-state index in [4.69, 9.17) is 9.47 Å². The van der Waals surface area contributed by atoms with Gasteiger partial charge in [0.05, 0.1) is 24.7 Å². The Morgan fingerprint density at radius 1 is 0.784 bits per heavy atom. The zero-order valence-corrected chi connectivity index (χ0v) is 21.6. The molecule has 0 fully saturated rings. The fraction of sp³-hybridized carbons (Fsp3) is 0.552. The highest BCUT2D eigenvalue weighted by Crippen LogP contribution is 2.33. The average molecular weight is 529 g/mol. The minimum Gasteiger partial charge on any atom is -0.490 e. The minimum atomic E-state index is -4.34. The molecule has 2 aromatic carbocycles. The lowest BCUT2D eigenvalue weighted by atomic mass is 9.97.